The number of aromatic nitrogens is 2. The minimum atomic E-state index is -3.49. The summed E-state index contributed by atoms with van der Waals surface area (Å²) in [5, 5.41) is 4.15. The van der Waals surface area contributed by atoms with Gasteiger partial charge in [-0.2, -0.15) is 5.10 Å². The Kier molecular flexibility index (Phi) is 4.58. The Hall–Kier alpha value is -1.86. The van der Waals surface area contributed by atoms with Crippen LogP contribution in [0.3, 0.4) is 0 Å². The highest BCUT2D eigenvalue weighted by molar-refractivity contribution is 7.90. The third-order valence-corrected chi connectivity index (χ3v) is 4.68. The Labute approximate surface area is 134 Å². The van der Waals surface area contributed by atoms with Gasteiger partial charge in [0.25, 0.3) is 5.91 Å². The molecule has 0 aliphatic carbocycles. The molecule has 118 valence electrons. The zero-order valence-electron chi connectivity index (χ0n) is 12.4. The number of benzene rings is 1. The summed E-state index contributed by atoms with van der Waals surface area (Å²) >= 11 is 5.88. The molecule has 8 heteroatoms. The van der Waals surface area contributed by atoms with Crippen molar-refractivity contribution in [2.45, 2.75) is 11.4 Å². The van der Waals surface area contributed by atoms with Crippen LogP contribution in [0.1, 0.15) is 15.9 Å². The van der Waals surface area contributed by atoms with E-state index in [0.717, 1.165) is 11.8 Å². The van der Waals surface area contributed by atoms with E-state index in [9.17, 15) is 13.2 Å². The summed E-state index contributed by atoms with van der Waals surface area (Å²) in [6.07, 6.45) is 4.54. The predicted octanol–water partition coefficient (Wildman–Crippen LogP) is 1.75. The summed E-state index contributed by atoms with van der Waals surface area (Å²) in [5.41, 5.74) is 1.16. The first-order chi connectivity index (χ1) is 10.2. The maximum atomic E-state index is 12.4. The van der Waals surface area contributed by atoms with Crippen LogP contribution in [0.4, 0.5) is 0 Å². The van der Waals surface area contributed by atoms with E-state index in [1.807, 2.05) is 6.20 Å². The van der Waals surface area contributed by atoms with E-state index in [0.29, 0.717) is 6.54 Å². The average molecular weight is 342 g/mol. The smallest absolute Gasteiger partial charge is 0.253 e. The highest BCUT2D eigenvalue weighted by Gasteiger charge is 2.18. The molecule has 2 rings (SSSR count). The second kappa shape index (κ2) is 6.10. The van der Waals surface area contributed by atoms with Gasteiger partial charge in [0.2, 0.25) is 0 Å². The number of hydrogen-bond donors (Lipinski definition) is 0. The molecule has 0 bridgehead atoms. The largest absolute Gasteiger partial charge is 0.337 e. The molecule has 0 fully saturated rings. The summed E-state index contributed by atoms with van der Waals surface area (Å²) in [7, 11) is -0.0493. The number of aryl methyl sites for hydroxylation is 1. The molecule has 22 heavy (non-hydrogen) atoms. The Morgan fingerprint density at radius 2 is 2.09 bits per heavy atom. The minimum absolute atomic E-state index is 0.0465. The second-order valence-corrected chi connectivity index (χ2v) is 7.49. The monoisotopic (exact) mass is 341 g/mol. The normalized spacial score (nSPS) is 11.5. The van der Waals surface area contributed by atoms with E-state index in [1.165, 1.54) is 23.1 Å². The fourth-order valence-corrected chi connectivity index (χ4v) is 3.34. The number of carbonyl (C=O) groups excluding carboxylic acids is 1. The molecule has 1 heterocycles. The van der Waals surface area contributed by atoms with Crippen LogP contribution < -0.4 is 0 Å². The summed E-state index contributed by atoms with van der Waals surface area (Å²) in [5.74, 6) is -0.287. The number of halogens is 1. The van der Waals surface area contributed by atoms with Gasteiger partial charge in [0.15, 0.2) is 9.84 Å². The van der Waals surface area contributed by atoms with E-state index in [-0.39, 0.29) is 21.4 Å². The van der Waals surface area contributed by atoms with Crippen molar-refractivity contribution in [1.82, 2.24) is 14.7 Å². The number of sulfone groups is 1. The number of carbonyl (C=O) groups is 1. The van der Waals surface area contributed by atoms with Crippen molar-refractivity contribution in [3.8, 4) is 0 Å². The Morgan fingerprint density at radius 1 is 1.41 bits per heavy atom. The summed E-state index contributed by atoms with van der Waals surface area (Å²) in [6, 6.07) is 4.24. The number of hydrogen-bond acceptors (Lipinski definition) is 4. The van der Waals surface area contributed by atoms with Crippen LogP contribution in [0.15, 0.2) is 35.5 Å². The van der Waals surface area contributed by atoms with Crippen molar-refractivity contribution in [3.63, 3.8) is 0 Å². The van der Waals surface area contributed by atoms with Gasteiger partial charge in [-0.3, -0.25) is 9.48 Å². The molecule has 0 aliphatic rings. The molecule has 0 saturated heterocycles. The van der Waals surface area contributed by atoms with Crippen molar-refractivity contribution in [2.24, 2.45) is 7.05 Å². The fourth-order valence-electron chi connectivity index (χ4n) is 2.04. The number of rotatable bonds is 4. The lowest BCUT2D eigenvalue weighted by molar-refractivity contribution is 0.0785. The standard InChI is InChI=1S/C14H16ClN3O3S/c1-17(8-10-7-16-18(2)9-10)14(19)11-4-5-12(15)13(6-11)22(3,20)21/h4-7,9H,8H2,1-3H3. The van der Waals surface area contributed by atoms with Crippen LogP contribution in [0.2, 0.25) is 5.02 Å². The van der Waals surface area contributed by atoms with Crippen LogP contribution in [-0.2, 0) is 23.4 Å². The molecule has 0 atom stereocenters. The molecule has 6 nitrogen and oxygen atoms in total. The first kappa shape index (κ1) is 16.5. The molecule has 0 N–H and O–H groups in total. The van der Waals surface area contributed by atoms with Crippen LogP contribution in [0, 0.1) is 0 Å². The van der Waals surface area contributed by atoms with Crippen LogP contribution in [0.25, 0.3) is 0 Å². The van der Waals surface area contributed by atoms with Crippen LogP contribution in [0.5, 0.6) is 0 Å². The molecule has 1 amide bonds. The van der Waals surface area contributed by atoms with Gasteiger partial charge >= 0.3 is 0 Å². The van der Waals surface area contributed by atoms with Gasteiger partial charge in [0.05, 0.1) is 16.1 Å². The maximum Gasteiger partial charge on any atom is 0.253 e. The van der Waals surface area contributed by atoms with Crippen molar-refractivity contribution in [2.75, 3.05) is 13.3 Å². The third-order valence-electron chi connectivity index (χ3n) is 3.10. The maximum absolute atomic E-state index is 12.4. The van der Waals surface area contributed by atoms with Gasteiger partial charge in [-0.05, 0) is 18.2 Å². The summed E-state index contributed by atoms with van der Waals surface area (Å²) in [6.45, 7) is 0.378. The zero-order chi connectivity index (χ0) is 16.5. The first-order valence-electron chi connectivity index (χ1n) is 6.41. The molecule has 0 spiro atoms. The Bertz CT molecular complexity index is 814. The number of amides is 1. The lowest BCUT2D eigenvalue weighted by Gasteiger charge is -2.17. The van der Waals surface area contributed by atoms with E-state index >= 15 is 0 Å². The molecule has 0 saturated carbocycles. The van der Waals surface area contributed by atoms with Crippen LogP contribution in [-0.4, -0.2) is 42.3 Å². The van der Waals surface area contributed by atoms with E-state index in [2.05, 4.69) is 5.10 Å². The van der Waals surface area contributed by atoms with Gasteiger partial charge in [-0.25, -0.2) is 8.42 Å². The molecule has 2 aromatic rings. The SMILES string of the molecule is CN(Cc1cnn(C)c1)C(=O)c1ccc(Cl)c(S(C)(=O)=O)c1. The van der Waals surface area contributed by atoms with Gasteiger partial charge in [-0.15, -0.1) is 0 Å². The quantitative estimate of drug-likeness (QED) is 0.849. The molecule has 0 unspecified atom stereocenters. The second-order valence-electron chi connectivity index (χ2n) is 5.10. The first-order valence-corrected chi connectivity index (χ1v) is 8.68. The zero-order valence-corrected chi connectivity index (χ0v) is 14.0. The lowest BCUT2D eigenvalue weighted by Crippen LogP contribution is -2.26. The molecule has 1 aromatic carbocycles. The Balaban J connectivity index is 2.25. The summed E-state index contributed by atoms with van der Waals surface area (Å²) in [4.78, 5) is 13.9. The Morgan fingerprint density at radius 3 is 2.64 bits per heavy atom. The van der Waals surface area contributed by atoms with Crippen LogP contribution >= 0.6 is 11.6 Å². The van der Waals surface area contributed by atoms with Gasteiger partial charge < -0.3 is 4.90 Å². The van der Waals surface area contributed by atoms with E-state index in [1.54, 1.807) is 25.0 Å². The van der Waals surface area contributed by atoms with Crippen molar-refractivity contribution >= 4 is 27.3 Å². The van der Waals surface area contributed by atoms with Crippen molar-refractivity contribution < 1.29 is 13.2 Å². The van der Waals surface area contributed by atoms with Crippen molar-refractivity contribution in [3.05, 3.63) is 46.7 Å². The highest BCUT2D eigenvalue weighted by atomic mass is 35.5. The third kappa shape index (κ3) is 3.66. The van der Waals surface area contributed by atoms with E-state index in [4.69, 9.17) is 11.6 Å². The topological polar surface area (TPSA) is 72.3 Å². The number of nitrogens with zero attached hydrogens (tertiary/aromatic N) is 3. The van der Waals surface area contributed by atoms with E-state index < -0.39 is 9.84 Å². The molecular formula is C14H16ClN3O3S. The van der Waals surface area contributed by atoms with Crippen molar-refractivity contribution in [1.29, 1.82) is 0 Å². The van der Waals surface area contributed by atoms with Gasteiger partial charge in [-0.1, -0.05) is 11.6 Å². The predicted molar refractivity (Wildman–Crippen MR) is 83.6 cm³/mol. The lowest BCUT2D eigenvalue weighted by atomic mass is 10.2. The summed E-state index contributed by atoms with van der Waals surface area (Å²) < 4.78 is 25.0. The van der Waals surface area contributed by atoms with Gasteiger partial charge in [0, 0.05) is 44.2 Å². The fraction of sp³-hybridized carbons (Fsp3) is 0.286. The molecule has 0 aliphatic heterocycles. The highest BCUT2D eigenvalue weighted by Crippen LogP contribution is 2.23. The average Bonchev–Trinajstić information content (AvgIpc) is 2.82. The molecule has 0 radical (unpaired) electrons. The molecule has 1 aromatic heterocycles. The van der Waals surface area contributed by atoms with Gasteiger partial charge in [0.1, 0.15) is 0 Å². The minimum Gasteiger partial charge on any atom is -0.337 e. The molecular weight excluding hydrogens is 326 g/mol.